The SMILES string of the molecule is CCCNc1nc2c(C)cc(F)c(Br)c2cc1C(C)C. The minimum Gasteiger partial charge on any atom is -0.370 e. The summed E-state index contributed by atoms with van der Waals surface area (Å²) in [5.74, 6) is 1.01. The summed E-state index contributed by atoms with van der Waals surface area (Å²) in [7, 11) is 0. The van der Waals surface area contributed by atoms with E-state index in [0.29, 0.717) is 10.4 Å². The molecule has 0 aliphatic rings. The number of nitrogens with one attached hydrogen (secondary N) is 1. The Labute approximate surface area is 127 Å². The Balaban J connectivity index is 2.71. The summed E-state index contributed by atoms with van der Waals surface area (Å²) in [6.07, 6.45) is 1.04. The summed E-state index contributed by atoms with van der Waals surface area (Å²) >= 11 is 3.34. The number of hydrogen-bond donors (Lipinski definition) is 1. The van der Waals surface area contributed by atoms with Gasteiger partial charge in [0.1, 0.15) is 11.6 Å². The maximum atomic E-state index is 13.9. The van der Waals surface area contributed by atoms with Crippen molar-refractivity contribution in [3.05, 3.63) is 33.5 Å². The van der Waals surface area contributed by atoms with Gasteiger partial charge in [-0.2, -0.15) is 0 Å². The lowest BCUT2D eigenvalue weighted by Gasteiger charge is -2.16. The second-order valence-corrected chi connectivity index (χ2v) is 6.19. The topological polar surface area (TPSA) is 24.9 Å². The molecule has 0 saturated heterocycles. The van der Waals surface area contributed by atoms with Crippen molar-refractivity contribution in [2.24, 2.45) is 0 Å². The summed E-state index contributed by atoms with van der Waals surface area (Å²) in [5, 5.41) is 4.22. The summed E-state index contributed by atoms with van der Waals surface area (Å²) in [4.78, 5) is 4.73. The van der Waals surface area contributed by atoms with Gasteiger partial charge in [-0.05, 0) is 58.5 Å². The highest BCUT2D eigenvalue weighted by Gasteiger charge is 2.15. The summed E-state index contributed by atoms with van der Waals surface area (Å²) in [5.41, 5.74) is 2.83. The first-order valence-corrected chi connectivity index (χ1v) is 7.78. The van der Waals surface area contributed by atoms with Crippen LogP contribution < -0.4 is 5.32 Å². The van der Waals surface area contributed by atoms with Crippen LogP contribution in [0.15, 0.2) is 16.6 Å². The van der Waals surface area contributed by atoms with Crippen LogP contribution in [0.25, 0.3) is 10.9 Å². The molecule has 0 unspecified atom stereocenters. The first-order valence-electron chi connectivity index (χ1n) is 6.98. The Kier molecular flexibility index (Phi) is 4.63. The van der Waals surface area contributed by atoms with Gasteiger partial charge in [-0.1, -0.05) is 20.8 Å². The van der Waals surface area contributed by atoms with Gasteiger partial charge >= 0.3 is 0 Å². The van der Waals surface area contributed by atoms with Gasteiger partial charge < -0.3 is 5.32 Å². The summed E-state index contributed by atoms with van der Waals surface area (Å²) in [6, 6.07) is 3.57. The third kappa shape index (κ3) is 2.80. The lowest BCUT2D eigenvalue weighted by atomic mass is 10.0. The van der Waals surface area contributed by atoms with Crippen molar-refractivity contribution in [2.45, 2.75) is 40.0 Å². The predicted molar refractivity (Wildman–Crippen MR) is 87.0 cm³/mol. The average molecular weight is 339 g/mol. The van der Waals surface area contributed by atoms with Crippen LogP contribution >= 0.6 is 15.9 Å². The normalized spacial score (nSPS) is 11.3. The molecule has 4 heteroatoms. The zero-order valence-electron chi connectivity index (χ0n) is 12.3. The fraction of sp³-hybridized carbons (Fsp3) is 0.438. The standard InChI is InChI=1S/C16H20BrFN2/c1-5-6-19-16-11(9(2)3)8-12-14(17)13(18)7-10(4)15(12)20-16/h7-9H,5-6H2,1-4H3,(H,19,20). The summed E-state index contributed by atoms with van der Waals surface area (Å²) < 4.78 is 14.4. The van der Waals surface area contributed by atoms with Crippen molar-refractivity contribution in [2.75, 3.05) is 11.9 Å². The lowest BCUT2D eigenvalue weighted by molar-refractivity contribution is 0.622. The van der Waals surface area contributed by atoms with Gasteiger partial charge in [0.25, 0.3) is 0 Å². The van der Waals surface area contributed by atoms with E-state index in [4.69, 9.17) is 4.98 Å². The van der Waals surface area contributed by atoms with Crippen LogP contribution in [0.3, 0.4) is 0 Å². The van der Waals surface area contributed by atoms with Crippen molar-refractivity contribution in [1.29, 1.82) is 0 Å². The van der Waals surface area contributed by atoms with Gasteiger partial charge in [-0.25, -0.2) is 9.37 Å². The van der Waals surface area contributed by atoms with Crippen LogP contribution in [0.5, 0.6) is 0 Å². The first kappa shape index (κ1) is 15.2. The molecular formula is C16H20BrFN2. The minimum atomic E-state index is -0.235. The fourth-order valence-corrected chi connectivity index (χ4v) is 2.69. The first-order chi connectivity index (χ1) is 9.45. The second kappa shape index (κ2) is 6.08. The zero-order valence-corrected chi connectivity index (χ0v) is 13.9. The number of aromatic nitrogens is 1. The molecule has 2 aromatic rings. The molecule has 0 saturated carbocycles. The van der Waals surface area contributed by atoms with Crippen molar-refractivity contribution in [1.82, 2.24) is 4.98 Å². The van der Waals surface area contributed by atoms with Gasteiger partial charge in [0.05, 0.1) is 9.99 Å². The van der Waals surface area contributed by atoms with E-state index in [1.807, 2.05) is 13.0 Å². The predicted octanol–water partition coefficient (Wildman–Crippen LogP) is 5.39. The van der Waals surface area contributed by atoms with Gasteiger partial charge in [0.15, 0.2) is 0 Å². The lowest BCUT2D eigenvalue weighted by Crippen LogP contribution is -2.07. The highest BCUT2D eigenvalue weighted by atomic mass is 79.9. The molecule has 1 aromatic heterocycles. The van der Waals surface area contributed by atoms with Crippen molar-refractivity contribution < 1.29 is 4.39 Å². The highest BCUT2D eigenvalue weighted by molar-refractivity contribution is 9.10. The van der Waals surface area contributed by atoms with E-state index in [0.717, 1.165) is 40.8 Å². The number of benzene rings is 1. The maximum absolute atomic E-state index is 13.9. The number of nitrogens with zero attached hydrogens (tertiary/aromatic N) is 1. The third-order valence-corrected chi connectivity index (χ3v) is 4.19. The summed E-state index contributed by atoms with van der Waals surface area (Å²) in [6.45, 7) is 9.16. The Morgan fingerprint density at radius 3 is 2.65 bits per heavy atom. The van der Waals surface area contributed by atoms with E-state index >= 15 is 0 Å². The molecule has 108 valence electrons. The molecular weight excluding hydrogens is 319 g/mol. The molecule has 1 heterocycles. The molecule has 0 spiro atoms. The Morgan fingerprint density at radius 1 is 1.35 bits per heavy atom. The fourth-order valence-electron chi connectivity index (χ4n) is 2.27. The second-order valence-electron chi connectivity index (χ2n) is 5.39. The number of aryl methyl sites for hydroxylation is 1. The Hall–Kier alpha value is -1.16. The molecule has 2 rings (SSSR count). The van der Waals surface area contributed by atoms with Crippen LogP contribution in [0.1, 0.15) is 44.2 Å². The number of halogens is 2. The smallest absolute Gasteiger partial charge is 0.138 e. The number of pyridine rings is 1. The zero-order chi connectivity index (χ0) is 14.9. The van der Waals surface area contributed by atoms with Crippen molar-refractivity contribution >= 4 is 32.7 Å². The Bertz CT molecular complexity index is 638. The number of fused-ring (bicyclic) bond motifs is 1. The van der Waals surface area contributed by atoms with E-state index in [1.54, 1.807) is 0 Å². The van der Waals surface area contributed by atoms with Crippen LogP contribution in [-0.4, -0.2) is 11.5 Å². The molecule has 1 aromatic carbocycles. The Morgan fingerprint density at radius 2 is 2.05 bits per heavy atom. The molecule has 0 radical (unpaired) electrons. The number of anilines is 1. The number of hydrogen-bond acceptors (Lipinski definition) is 2. The molecule has 0 aliphatic carbocycles. The monoisotopic (exact) mass is 338 g/mol. The van der Waals surface area contributed by atoms with Crippen LogP contribution in [0.2, 0.25) is 0 Å². The average Bonchev–Trinajstić information content (AvgIpc) is 2.41. The van der Waals surface area contributed by atoms with Crippen molar-refractivity contribution in [3.63, 3.8) is 0 Å². The molecule has 0 atom stereocenters. The maximum Gasteiger partial charge on any atom is 0.138 e. The number of rotatable bonds is 4. The van der Waals surface area contributed by atoms with E-state index in [2.05, 4.69) is 42.0 Å². The molecule has 2 nitrogen and oxygen atoms in total. The van der Waals surface area contributed by atoms with Crippen LogP contribution in [0.4, 0.5) is 10.2 Å². The minimum absolute atomic E-state index is 0.235. The highest BCUT2D eigenvalue weighted by Crippen LogP contribution is 2.33. The van der Waals surface area contributed by atoms with Crippen molar-refractivity contribution in [3.8, 4) is 0 Å². The quantitative estimate of drug-likeness (QED) is 0.808. The van der Waals surface area contributed by atoms with Gasteiger partial charge in [0.2, 0.25) is 0 Å². The van der Waals surface area contributed by atoms with E-state index in [1.165, 1.54) is 6.07 Å². The third-order valence-electron chi connectivity index (χ3n) is 3.38. The van der Waals surface area contributed by atoms with Gasteiger partial charge in [-0.3, -0.25) is 0 Å². The molecule has 0 aliphatic heterocycles. The van der Waals surface area contributed by atoms with Crippen LogP contribution in [0, 0.1) is 12.7 Å². The molecule has 0 amide bonds. The molecule has 1 N–H and O–H groups in total. The van der Waals surface area contributed by atoms with Crippen LogP contribution in [-0.2, 0) is 0 Å². The molecule has 20 heavy (non-hydrogen) atoms. The molecule has 0 fully saturated rings. The van der Waals surface area contributed by atoms with Gasteiger partial charge in [0, 0.05) is 11.9 Å². The molecule has 0 bridgehead atoms. The largest absolute Gasteiger partial charge is 0.370 e. The van der Waals surface area contributed by atoms with E-state index in [-0.39, 0.29) is 5.82 Å². The van der Waals surface area contributed by atoms with E-state index < -0.39 is 0 Å². The van der Waals surface area contributed by atoms with E-state index in [9.17, 15) is 4.39 Å². The van der Waals surface area contributed by atoms with Gasteiger partial charge in [-0.15, -0.1) is 0 Å².